The van der Waals surface area contributed by atoms with E-state index < -0.39 is 5.56 Å². The molecule has 1 aliphatic rings. The molecule has 1 amide bonds. The smallest absolute Gasteiger partial charge is 0.280 e. The number of carbonyl (C=O) groups excluding carboxylic acids is 1. The van der Waals surface area contributed by atoms with E-state index in [0.717, 1.165) is 10.2 Å². The second-order valence-corrected chi connectivity index (χ2v) is 6.44. The van der Waals surface area contributed by atoms with E-state index in [4.69, 9.17) is 9.47 Å². The minimum absolute atomic E-state index is 0.262. The van der Waals surface area contributed by atoms with Gasteiger partial charge < -0.3 is 9.47 Å². The summed E-state index contributed by atoms with van der Waals surface area (Å²) in [6.45, 7) is 2.72. The fraction of sp³-hybridized carbons (Fsp3) is 0.211. The third-order valence-electron chi connectivity index (χ3n) is 4.60. The first-order valence-corrected chi connectivity index (χ1v) is 9.11. The molecule has 0 saturated heterocycles. The highest BCUT2D eigenvalue weighted by Crippen LogP contribution is 2.33. The van der Waals surface area contributed by atoms with E-state index in [-0.39, 0.29) is 12.3 Å². The molecule has 4 aromatic rings. The SMILES string of the molecule is CCC(=O)Nn1ccc2c(cnc3nc(-c4ccc5c(c4)OCCO5)nn32)c1=O. The predicted octanol–water partition coefficient (Wildman–Crippen LogP) is 1.36. The van der Waals surface area contributed by atoms with Crippen molar-refractivity contribution in [3.05, 3.63) is 47.0 Å². The highest BCUT2D eigenvalue weighted by molar-refractivity contribution is 5.84. The number of nitrogens with zero attached hydrogens (tertiary/aromatic N) is 5. The lowest BCUT2D eigenvalue weighted by Gasteiger charge is -2.18. The first-order valence-electron chi connectivity index (χ1n) is 9.11. The maximum atomic E-state index is 12.7. The average molecular weight is 392 g/mol. The fourth-order valence-corrected chi connectivity index (χ4v) is 3.13. The van der Waals surface area contributed by atoms with E-state index in [1.807, 2.05) is 18.2 Å². The number of amides is 1. The highest BCUT2D eigenvalue weighted by Gasteiger charge is 2.16. The quantitative estimate of drug-likeness (QED) is 0.560. The topological polar surface area (TPSA) is 113 Å². The van der Waals surface area contributed by atoms with Gasteiger partial charge in [-0.2, -0.15) is 9.50 Å². The van der Waals surface area contributed by atoms with Gasteiger partial charge in [0, 0.05) is 24.4 Å². The second kappa shape index (κ2) is 6.59. The number of aromatic nitrogens is 5. The van der Waals surface area contributed by atoms with Crippen molar-refractivity contribution in [3.63, 3.8) is 0 Å². The van der Waals surface area contributed by atoms with Gasteiger partial charge in [-0.3, -0.25) is 15.0 Å². The Labute approximate surface area is 163 Å². The molecule has 3 aromatic heterocycles. The molecule has 10 heteroatoms. The maximum Gasteiger partial charge on any atom is 0.280 e. The standard InChI is InChI=1S/C19H16N6O4/c1-2-16(26)22-24-6-5-13-12(18(24)27)10-20-19-21-17(23-25(13)19)11-3-4-14-15(9-11)29-8-7-28-14/h3-6,9-10H,2,7-8H2,1H3,(H,22,26). The molecule has 0 aliphatic carbocycles. The summed E-state index contributed by atoms with van der Waals surface area (Å²) in [5, 5.41) is 4.83. The summed E-state index contributed by atoms with van der Waals surface area (Å²) in [7, 11) is 0. The Morgan fingerprint density at radius 2 is 2.03 bits per heavy atom. The van der Waals surface area contributed by atoms with Crippen molar-refractivity contribution in [2.75, 3.05) is 18.6 Å². The molecule has 0 atom stereocenters. The first-order chi connectivity index (χ1) is 14.1. The van der Waals surface area contributed by atoms with Gasteiger partial charge in [0.2, 0.25) is 5.91 Å². The Balaban J connectivity index is 1.62. The third-order valence-corrected chi connectivity index (χ3v) is 4.60. The number of hydrogen-bond donors (Lipinski definition) is 1. The molecule has 1 aromatic carbocycles. The average Bonchev–Trinajstić information content (AvgIpc) is 3.20. The van der Waals surface area contributed by atoms with Crippen LogP contribution in [0.1, 0.15) is 13.3 Å². The lowest BCUT2D eigenvalue weighted by molar-refractivity contribution is -0.116. The molecule has 4 heterocycles. The second-order valence-electron chi connectivity index (χ2n) is 6.44. The Kier molecular flexibility index (Phi) is 3.90. The fourth-order valence-electron chi connectivity index (χ4n) is 3.13. The molecule has 0 spiro atoms. The van der Waals surface area contributed by atoms with E-state index in [1.165, 1.54) is 16.9 Å². The Hall–Kier alpha value is -3.95. The number of nitrogens with one attached hydrogen (secondary N) is 1. The summed E-state index contributed by atoms with van der Waals surface area (Å²) in [5.74, 6) is 1.87. The van der Waals surface area contributed by atoms with E-state index in [0.29, 0.717) is 47.2 Å². The van der Waals surface area contributed by atoms with Crippen LogP contribution in [-0.4, -0.2) is 43.4 Å². The van der Waals surface area contributed by atoms with Crippen molar-refractivity contribution >= 4 is 22.6 Å². The Morgan fingerprint density at radius 1 is 1.21 bits per heavy atom. The molecule has 0 fully saturated rings. The number of carbonyl (C=O) groups is 1. The third kappa shape index (κ3) is 2.85. The van der Waals surface area contributed by atoms with Gasteiger partial charge in [-0.15, -0.1) is 5.10 Å². The van der Waals surface area contributed by atoms with Crippen molar-refractivity contribution in [1.29, 1.82) is 0 Å². The lowest BCUT2D eigenvalue weighted by Crippen LogP contribution is -2.32. The molecule has 5 rings (SSSR count). The molecule has 0 unspecified atom stereocenters. The molecule has 1 aliphatic heterocycles. The predicted molar refractivity (Wildman–Crippen MR) is 104 cm³/mol. The summed E-state index contributed by atoms with van der Waals surface area (Å²) >= 11 is 0. The van der Waals surface area contributed by atoms with Gasteiger partial charge in [0.1, 0.15) is 13.2 Å². The van der Waals surface area contributed by atoms with Crippen molar-refractivity contribution in [2.45, 2.75) is 13.3 Å². The van der Waals surface area contributed by atoms with Gasteiger partial charge in [-0.25, -0.2) is 9.66 Å². The monoisotopic (exact) mass is 392 g/mol. The Bertz CT molecular complexity index is 1330. The number of pyridine rings is 1. The molecule has 0 saturated carbocycles. The minimum Gasteiger partial charge on any atom is -0.486 e. The molecule has 146 valence electrons. The Morgan fingerprint density at radius 3 is 2.86 bits per heavy atom. The van der Waals surface area contributed by atoms with Crippen molar-refractivity contribution < 1.29 is 14.3 Å². The van der Waals surface area contributed by atoms with Crippen LogP contribution in [0.3, 0.4) is 0 Å². The summed E-state index contributed by atoms with van der Waals surface area (Å²) < 4.78 is 13.8. The maximum absolute atomic E-state index is 12.7. The van der Waals surface area contributed by atoms with Crippen LogP contribution in [-0.2, 0) is 4.79 Å². The summed E-state index contributed by atoms with van der Waals surface area (Å²) in [6.07, 6.45) is 3.19. The van der Waals surface area contributed by atoms with Gasteiger partial charge in [-0.1, -0.05) is 6.92 Å². The largest absolute Gasteiger partial charge is 0.486 e. The van der Waals surface area contributed by atoms with Crippen LogP contribution in [0.2, 0.25) is 0 Å². The van der Waals surface area contributed by atoms with E-state index in [9.17, 15) is 9.59 Å². The van der Waals surface area contributed by atoms with Gasteiger partial charge in [0.25, 0.3) is 11.3 Å². The molecule has 0 radical (unpaired) electrons. The van der Waals surface area contributed by atoms with Crippen LogP contribution in [0.25, 0.3) is 28.1 Å². The van der Waals surface area contributed by atoms with Crippen LogP contribution in [0, 0.1) is 0 Å². The zero-order valence-electron chi connectivity index (χ0n) is 15.5. The molecular weight excluding hydrogens is 376 g/mol. The van der Waals surface area contributed by atoms with Crippen molar-refractivity contribution in [2.24, 2.45) is 0 Å². The van der Waals surface area contributed by atoms with E-state index in [2.05, 4.69) is 20.5 Å². The molecule has 1 N–H and O–H groups in total. The summed E-state index contributed by atoms with van der Waals surface area (Å²) in [5.41, 5.74) is 3.42. The van der Waals surface area contributed by atoms with Crippen LogP contribution < -0.4 is 20.5 Å². The van der Waals surface area contributed by atoms with Crippen LogP contribution in [0.5, 0.6) is 11.5 Å². The highest BCUT2D eigenvalue weighted by atomic mass is 16.6. The van der Waals surface area contributed by atoms with Gasteiger partial charge in [0.05, 0.1) is 10.9 Å². The lowest BCUT2D eigenvalue weighted by atomic mass is 10.2. The van der Waals surface area contributed by atoms with Crippen molar-refractivity contribution in [3.8, 4) is 22.9 Å². The van der Waals surface area contributed by atoms with Crippen LogP contribution in [0.4, 0.5) is 0 Å². The van der Waals surface area contributed by atoms with Gasteiger partial charge >= 0.3 is 0 Å². The van der Waals surface area contributed by atoms with E-state index in [1.54, 1.807) is 13.0 Å². The van der Waals surface area contributed by atoms with Crippen LogP contribution >= 0.6 is 0 Å². The number of rotatable bonds is 3. The normalized spacial score (nSPS) is 13.0. The van der Waals surface area contributed by atoms with E-state index >= 15 is 0 Å². The molecular formula is C19H16N6O4. The van der Waals surface area contributed by atoms with Crippen molar-refractivity contribution in [1.82, 2.24) is 24.3 Å². The van der Waals surface area contributed by atoms with Gasteiger partial charge in [0.15, 0.2) is 17.3 Å². The molecule has 0 bridgehead atoms. The van der Waals surface area contributed by atoms with Gasteiger partial charge in [-0.05, 0) is 24.3 Å². The number of benzene rings is 1. The zero-order valence-corrected chi connectivity index (χ0v) is 15.5. The number of ether oxygens (including phenoxy) is 2. The summed E-state index contributed by atoms with van der Waals surface area (Å²) in [6, 6.07) is 7.16. The first kappa shape index (κ1) is 17.2. The summed E-state index contributed by atoms with van der Waals surface area (Å²) in [4.78, 5) is 33.0. The number of fused-ring (bicyclic) bond motifs is 4. The molecule has 29 heavy (non-hydrogen) atoms. The number of hydrogen-bond acceptors (Lipinski definition) is 7. The zero-order chi connectivity index (χ0) is 20.0. The van der Waals surface area contributed by atoms with Crippen LogP contribution in [0.15, 0.2) is 41.5 Å². The minimum atomic E-state index is -0.393. The molecule has 10 nitrogen and oxygen atoms in total.